The van der Waals surface area contributed by atoms with Crippen molar-refractivity contribution in [3.63, 3.8) is 0 Å². The van der Waals surface area contributed by atoms with Crippen molar-refractivity contribution in [3.8, 4) is 23.2 Å². The fourth-order valence-electron chi connectivity index (χ4n) is 3.62. The van der Waals surface area contributed by atoms with Crippen LogP contribution in [0.2, 0.25) is 0 Å². The highest BCUT2D eigenvalue weighted by Gasteiger charge is 2.30. The first-order valence-corrected chi connectivity index (χ1v) is 10.7. The summed E-state index contributed by atoms with van der Waals surface area (Å²) >= 11 is 0. The van der Waals surface area contributed by atoms with Gasteiger partial charge in [-0.15, -0.1) is 0 Å². The fraction of sp³-hybridized carbons (Fsp3) is 0.320. The average Bonchev–Trinajstić information content (AvgIpc) is 3.19. The second kappa shape index (κ2) is 10.9. The third-order valence-electron chi connectivity index (χ3n) is 5.36. The van der Waals surface area contributed by atoms with E-state index < -0.39 is 17.7 Å². The number of aromatic nitrogens is 2. The number of carbonyl (C=O) groups is 1. The summed E-state index contributed by atoms with van der Waals surface area (Å²) in [6.07, 6.45) is -1.53. The SMILES string of the molecule is CC(CCCOc1ccccc1Cn1c(C#N)cnc1-c1ccc(C(F)(F)F)cc1)CC(=O)O. The van der Waals surface area contributed by atoms with Crippen LogP contribution in [0.1, 0.15) is 43.0 Å². The minimum absolute atomic E-state index is 0.0479. The largest absolute Gasteiger partial charge is 0.493 e. The number of nitrogens with zero attached hydrogens (tertiary/aromatic N) is 3. The maximum absolute atomic E-state index is 12.9. The van der Waals surface area contributed by atoms with E-state index in [-0.39, 0.29) is 24.6 Å². The van der Waals surface area contributed by atoms with Crippen LogP contribution >= 0.6 is 0 Å². The third-order valence-corrected chi connectivity index (χ3v) is 5.36. The van der Waals surface area contributed by atoms with E-state index in [9.17, 15) is 23.2 Å². The molecular weight excluding hydrogens is 447 g/mol. The average molecular weight is 471 g/mol. The smallest absolute Gasteiger partial charge is 0.416 e. The Morgan fingerprint density at radius 2 is 1.91 bits per heavy atom. The molecule has 0 saturated heterocycles. The standard InChI is InChI=1S/C25H24F3N3O3/c1-17(13-23(32)33)5-4-12-34-22-7-3-2-6-19(22)16-31-21(14-29)15-30-24(31)18-8-10-20(11-9-18)25(26,27)28/h2-3,6-11,15,17H,4-5,12-13,16H2,1H3,(H,32,33). The van der Waals surface area contributed by atoms with Gasteiger partial charge in [0.15, 0.2) is 0 Å². The Hall–Kier alpha value is -3.80. The van der Waals surface area contributed by atoms with E-state index in [1.165, 1.54) is 18.3 Å². The molecule has 0 amide bonds. The Labute approximate surface area is 195 Å². The number of imidazole rings is 1. The molecule has 1 heterocycles. The Morgan fingerprint density at radius 1 is 1.21 bits per heavy atom. The number of nitriles is 1. The molecule has 0 spiro atoms. The van der Waals surface area contributed by atoms with Gasteiger partial charge in [-0.2, -0.15) is 18.4 Å². The van der Waals surface area contributed by atoms with Crippen molar-refractivity contribution in [1.82, 2.24) is 9.55 Å². The second-order valence-electron chi connectivity index (χ2n) is 8.04. The normalized spacial score (nSPS) is 12.2. The van der Waals surface area contributed by atoms with Crippen LogP contribution in [0.3, 0.4) is 0 Å². The lowest BCUT2D eigenvalue weighted by molar-refractivity contribution is -0.138. The number of carboxylic acid groups (broad SMARTS) is 1. The van der Waals surface area contributed by atoms with Crippen LogP contribution in [-0.4, -0.2) is 27.2 Å². The number of alkyl halides is 3. The quantitative estimate of drug-likeness (QED) is 0.380. The first-order chi connectivity index (χ1) is 16.2. The van der Waals surface area contributed by atoms with Crippen molar-refractivity contribution in [2.24, 2.45) is 5.92 Å². The first kappa shape index (κ1) is 24.8. The minimum Gasteiger partial charge on any atom is -0.493 e. The predicted molar refractivity (Wildman–Crippen MR) is 119 cm³/mol. The van der Waals surface area contributed by atoms with Gasteiger partial charge in [0.25, 0.3) is 0 Å². The molecule has 34 heavy (non-hydrogen) atoms. The number of hydrogen-bond donors (Lipinski definition) is 1. The zero-order valence-electron chi connectivity index (χ0n) is 18.5. The van der Waals surface area contributed by atoms with E-state index in [0.717, 1.165) is 17.7 Å². The summed E-state index contributed by atoms with van der Waals surface area (Å²) in [7, 11) is 0. The van der Waals surface area contributed by atoms with Crippen molar-refractivity contribution in [1.29, 1.82) is 5.26 Å². The number of para-hydroxylation sites is 1. The highest BCUT2D eigenvalue weighted by Crippen LogP contribution is 2.31. The van der Waals surface area contributed by atoms with Crippen LogP contribution < -0.4 is 4.74 Å². The van der Waals surface area contributed by atoms with E-state index >= 15 is 0 Å². The molecule has 3 rings (SSSR count). The van der Waals surface area contributed by atoms with E-state index in [0.29, 0.717) is 36.6 Å². The molecule has 1 unspecified atom stereocenters. The van der Waals surface area contributed by atoms with E-state index in [1.54, 1.807) is 10.6 Å². The number of rotatable bonds is 10. The van der Waals surface area contributed by atoms with Gasteiger partial charge >= 0.3 is 12.1 Å². The number of carboxylic acids is 1. The molecule has 2 aromatic carbocycles. The highest BCUT2D eigenvalue weighted by atomic mass is 19.4. The molecule has 0 fully saturated rings. The lowest BCUT2D eigenvalue weighted by Gasteiger charge is -2.15. The highest BCUT2D eigenvalue weighted by molar-refractivity contribution is 5.66. The molecule has 1 N–H and O–H groups in total. The summed E-state index contributed by atoms with van der Waals surface area (Å²) < 4.78 is 46.3. The van der Waals surface area contributed by atoms with Gasteiger partial charge in [0, 0.05) is 17.5 Å². The third kappa shape index (κ3) is 6.38. The molecular formula is C25H24F3N3O3. The number of benzene rings is 2. The maximum Gasteiger partial charge on any atom is 0.416 e. The van der Waals surface area contributed by atoms with Crippen LogP contribution in [0.25, 0.3) is 11.4 Å². The van der Waals surface area contributed by atoms with Gasteiger partial charge in [-0.3, -0.25) is 4.79 Å². The second-order valence-corrected chi connectivity index (χ2v) is 8.04. The Balaban J connectivity index is 1.77. The van der Waals surface area contributed by atoms with Crippen molar-refractivity contribution in [2.45, 2.75) is 38.9 Å². The lowest BCUT2D eigenvalue weighted by Crippen LogP contribution is -2.09. The number of halogens is 3. The molecule has 6 nitrogen and oxygen atoms in total. The van der Waals surface area contributed by atoms with Gasteiger partial charge in [0.2, 0.25) is 0 Å². The maximum atomic E-state index is 12.9. The molecule has 3 aromatic rings. The predicted octanol–water partition coefficient (Wildman–Crippen LogP) is 5.76. The van der Waals surface area contributed by atoms with Gasteiger partial charge < -0.3 is 14.4 Å². The molecule has 0 saturated carbocycles. The fourth-order valence-corrected chi connectivity index (χ4v) is 3.62. The van der Waals surface area contributed by atoms with Crippen LogP contribution in [-0.2, 0) is 17.5 Å². The molecule has 178 valence electrons. The Kier molecular flexibility index (Phi) is 7.95. The van der Waals surface area contributed by atoms with Crippen LogP contribution in [0.4, 0.5) is 13.2 Å². The van der Waals surface area contributed by atoms with Crippen LogP contribution in [0, 0.1) is 17.2 Å². The first-order valence-electron chi connectivity index (χ1n) is 10.7. The van der Waals surface area contributed by atoms with Crippen LogP contribution in [0.15, 0.2) is 54.7 Å². The molecule has 1 atom stereocenters. The number of aliphatic carboxylic acids is 1. The molecule has 0 aliphatic carbocycles. The Morgan fingerprint density at radius 3 is 2.56 bits per heavy atom. The molecule has 1 aromatic heterocycles. The monoisotopic (exact) mass is 471 g/mol. The van der Waals surface area contributed by atoms with E-state index in [4.69, 9.17) is 9.84 Å². The van der Waals surface area contributed by atoms with Gasteiger partial charge in [-0.05, 0) is 37.0 Å². The van der Waals surface area contributed by atoms with Gasteiger partial charge in [0.05, 0.1) is 24.9 Å². The minimum atomic E-state index is -4.44. The number of hydrogen-bond acceptors (Lipinski definition) is 4. The van der Waals surface area contributed by atoms with Gasteiger partial charge in [-0.1, -0.05) is 37.3 Å². The molecule has 0 aliphatic rings. The molecule has 0 radical (unpaired) electrons. The number of ether oxygens (including phenoxy) is 1. The van der Waals surface area contributed by atoms with Crippen LogP contribution in [0.5, 0.6) is 5.75 Å². The Bertz CT molecular complexity index is 1160. The lowest BCUT2D eigenvalue weighted by atomic mass is 10.0. The van der Waals surface area contributed by atoms with Gasteiger partial charge in [0.1, 0.15) is 23.3 Å². The van der Waals surface area contributed by atoms with E-state index in [2.05, 4.69) is 11.1 Å². The summed E-state index contributed by atoms with van der Waals surface area (Å²) in [6.45, 7) is 2.53. The topological polar surface area (TPSA) is 88.1 Å². The summed E-state index contributed by atoms with van der Waals surface area (Å²) in [5.74, 6) is 0.218. The van der Waals surface area contributed by atoms with Gasteiger partial charge in [-0.25, -0.2) is 4.98 Å². The zero-order chi connectivity index (χ0) is 24.7. The van der Waals surface area contributed by atoms with E-state index in [1.807, 2.05) is 25.1 Å². The molecule has 9 heteroatoms. The van der Waals surface area contributed by atoms with Crippen molar-refractivity contribution in [2.75, 3.05) is 6.61 Å². The van der Waals surface area contributed by atoms with Crippen molar-refractivity contribution in [3.05, 3.63) is 71.5 Å². The van der Waals surface area contributed by atoms with Crippen molar-refractivity contribution < 1.29 is 27.8 Å². The zero-order valence-corrected chi connectivity index (χ0v) is 18.5. The molecule has 0 aliphatic heterocycles. The van der Waals surface area contributed by atoms with Crippen molar-refractivity contribution >= 4 is 5.97 Å². The molecule has 0 bridgehead atoms. The summed E-state index contributed by atoms with van der Waals surface area (Å²) in [5.41, 5.74) is 0.752. The summed E-state index contributed by atoms with van der Waals surface area (Å²) in [5, 5.41) is 18.4. The summed E-state index contributed by atoms with van der Waals surface area (Å²) in [6, 6.07) is 14.0. The summed E-state index contributed by atoms with van der Waals surface area (Å²) in [4.78, 5) is 15.1.